The summed E-state index contributed by atoms with van der Waals surface area (Å²) in [5.74, 6) is -0.714. The van der Waals surface area contributed by atoms with Crippen molar-refractivity contribution < 1.29 is 160 Å². The van der Waals surface area contributed by atoms with E-state index in [-0.39, 0.29) is 87.7 Å². The number of nitrogens with zero attached hydrogens (tertiary/aromatic N) is 19. The Hall–Kier alpha value is -10.1. The average Bonchev–Trinajstić information content (AvgIpc) is 1.57. The summed E-state index contributed by atoms with van der Waals surface area (Å²) in [6.45, 7) is -0.0989. The molecule has 8 unspecified atom stereocenters. The number of fused-ring (bicyclic) bond motifs is 13. The van der Waals surface area contributed by atoms with Crippen molar-refractivity contribution in [2.75, 3.05) is 67.4 Å². The van der Waals surface area contributed by atoms with Gasteiger partial charge in [-0.05, 0) is 32.0 Å². The average molecular weight is 2030 g/mol. The second-order valence-corrected chi connectivity index (χ2v) is 40.5. The lowest BCUT2D eigenvalue weighted by Gasteiger charge is -2.43. The number of hydrogen-bond donors (Lipinski definition) is 18. The Labute approximate surface area is 753 Å². The molecule has 24 N–H and O–H groups in total. The fourth-order valence-electron chi connectivity index (χ4n) is 17.2. The summed E-state index contributed by atoms with van der Waals surface area (Å²) < 4.78 is 193. The maximum atomic E-state index is 13.4. The van der Waals surface area contributed by atoms with Crippen LogP contribution in [0.4, 0.5) is 34.9 Å². The van der Waals surface area contributed by atoms with Crippen LogP contribution in [0, 0.1) is 0 Å². The normalized spacial score (nSPS) is 38.4. The minimum absolute atomic E-state index is 0.0127. The molecule has 22 rings (SSSR count). The van der Waals surface area contributed by atoms with Gasteiger partial charge in [0, 0.05) is 31.4 Å². The lowest BCUT2D eigenvalue weighted by atomic mass is 9.91. The van der Waals surface area contributed by atoms with Crippen LogP contribution in [0.5, 0.6) is 0 Å². The van der Waals surface area contributed by atoms with Gasteiger partial charge in [-0.15, -0.1) is 5.10 Å². The zero-order chi connectivity index (χ0) is 95.8. The van der Waals surface area contributed by atoms with Crippen LogP contribution in [-0.4, -0.2) is 295 Å². The van der Waals surface area contributed by atoms with Gasteiger partial charge in [0.25, 0.3) is 16.7 Å². The third kappa shape index (κ3) is 17.4. The number of aromatic nitrogens is 22. The summed E-state index contributed by atoms with van der Waals surface area (Å²) in [7, 11) is -29.9. The highest BCUT2D eigenvalue weighted by atomic mass is 31.2. The number of aliphatic hydroxyl groups is 3. The number of phosphoric acid groups is 6. The molecule has 71 heteroatoms. The van der Waals surface area contributed by atoms with Crippen LogP contribution < -0.4 is 51.1 Å². The van der Waals surface area contributed by atoms with Gasteiger partial charge in [0.2, 0.25) is 17.8 Å². The highest BCUT2D eigenvalue weighted by Crippen LogP contribution is 2.61. The van der Waals surface area contributed by atoms with Crippen molar-refractivity contribution >= 4 is 149 Å². The van der Waals surface area contributed by atoms with Gasteiger partial charge in [0.15, 0.2) is 87.8 Å². The zero-order valence-corrected chi connectivity index (χ0v) is 74.5. The highest BCUT2D eigenvalue weighted by Gasteiger charge is 2.67. The molecule has 22 heterocycles. The van der Waals surface area contributed by atoms with E-state index in [0.29, 0.717) is 33.6 Å². The fourth-order valence-corrected chi connectivity index (χ4v) is 23.3. The van der Waals surface area contributed by atoms with Crippen LogP contribution in [0.25, 0.3) is 67.0 Å². The maximum Gasteiger partial charge on any atom is 0.472 e. The first-order valence-electron chi connectivity index (χ1n) is 40.3. The predicted octanol–water partition coefficient (Wildman–Crippen LogP) is -2.57. The minimum Gasteiger partial charge on any atom is -0.397 e. The van der Waals surface area contributed by atoms with Crippen molar-refractivity contribution in [1.82, 2.24) is 108 Å². The molecule has 10 aliphatic rings. The molecule has 12 aromatic rings. The number of aliphatic hydroxyl groups excluding tert-OH is 3. The summed E-state index contributed by atoms with van der Waals surface area (Å²) in [6.07, 6.45) is -21.7. The van der Waals surface area contributed by atoms with Crippen molar-refractivity contribution in [1.29, 1.82) is 0 Å². The molecule has 0 aliphatic carbocycles. The van der Waals surface area contributed by atoms with E-state index in [9.17, 15) is 86.5 Å². The fraction of sp³-hybridized carbons (Fsp3) is 0.508. The number of anilines is 6. The number of rotatable bonds is 6. The largest absolute Gasteiger partial charge is 0.472 e. The van der Waals surface area contributed by atoms with Crippen molar-refractivity contribution in [3.05, 3.63) is 99.5 Å². The third-order valence-corrected chi connectivity index (χ3v) is 29.4. The molecule has 65 nitrogen and oxygen atoms in total. The number of nitrogens with one attached hydrogen (secondary N) is 3. The van der Waals surface area contributed by atoms with Gasteiger partial charge in [-0.3, -0.25) is 106 Å². The Kier molecular flexibility index (Phi) is 23.9. The molecular weight excluding hydrogens is 1950 g/mol. The minimum atomic E-state index is -5.02. The quantitative estimate of drug-likeness (QED) is 0.0761. The predicted molar refractivity (Wildman–Crippen MR) is 444 cm³/mol. The van der Waals surface area contributed by atoms with E-state index in [0.717, 1.165) is 4.68 Å². The van der Waals surface area contributed by atoms with Crippen LogP contribution in [0.2, 0.25) is 0 Å². The van der Waals surface area contributed by atoms with Gasteiger partial charge in [0.1, 0.15) is 102 Å². The Morgan fingerprint density at radius 2 is 0.765 bits per heavy atom. The summed E-state index contributed by atoms with van der Waals surface area (Å²) in [5.41, 5.74) is 33.4. The Bertz CT molecular complexity index is 6940. The first-order valence-corrected chi connectivity index (χ1v) is 49.3. The summed E-state index contributed by atoms with van der Waals surface area (Å²) in [5, 5.41) is 41.4. The monoisotopic (exact) mass is 2030 g/mol. The second kappa shape index (κ2) is 34.7. The van der Waals surface area contributed by atoms with Crippen molar-refractivity contribution in [2.45, 2.75) is 173 Å². The number of H-pyrrole nitrogens is 3. The second-order valence-electron chi connectivity index (χ2n) is 32.1. The smallest absolute Gasteiger partial charge is 0.397 e. The van der Waals surface area contributed by atoms with Gasteiger partial charge in [-0.2, -0.15) is 19.6 Å². The van der Waals surface area contributed by atoms with Crippen LogP contribution in [0.1, 0.15) is 64.1 Å². The standard InChI is InChI=1S/C22H25N9O13P2.C22H27N9O12P2.C21H26N10O12P2/c23-8-1-2-25-16-10(8)26-6-30(16)19-12(32)13-9(41-19)3-39-45(34,35)44-14-15-22(4-38-15,5-40-46(36,37)43-13)42-20(14)31-7-27-11-17(31)28-21(24)29-18(11)33;1-8-15-16(14(32)21(40-15)30-6-26-12-10(23)2-3-25-17(12)30)43-44(34,35)38-5-9-4-11(42-45(36,37)41-8)20(39-9)31-7-27-13-18(31)28-22(24)29-19(13)33;1-7-14-15(13(32)20(40-14)30-6-25-11-9(22)2-3-24-16(11)30)43-44(34,35)38-5-8-4-10(42-45(36,37)41-7)19(39-8)31-17-12(28-29-31)18(33)27-21(23)26-17/h1-2,6-7,9,12-15,19-20,32H,3-5H2,(H2,23,25)(H,34,35)(H,36,37)(H3,24,28,29,33);2-3,6-9,11,14-16,20-21,32H,4-5H2,1H3,(H2,23,25)(H,34,35)(H,36,37)(H3,24,28,29,33);2-3,6-8,10,13-15,19-20,32H,4-5H2,1H3,(H2,22,24)(H,34,35)(H,36,37)(H3,23,26,27,33)/t9-,12?,13+,14?,15-,19-,20-,22-;8-,9+,11-,14-,15-,16+,20-,21-;7-,8-,10+,13+,14-,15-,19+,20+/m110/s1. The molecule has 30 atom stereocenters. The molecule has 10 fully saturated rings. The van der Waals surface area contributed by atoms with Crippen molar-refractivity contribution in [2.24, 2.45) is 0 Å². The number of aromatic amines is 3. The molecule has 730 valence electrons. The summed E-state index contributed by atoms with van der Waals surface area (Å²) in [6, 6.07) is 4.58. The van der Waals surface area contributed by atoms with Crippen LogP contribution >= 0.6 is 46.9 Å². The molecule has 0 amide bonds. The van der Waals surface area contributed by atoms with E-state index < -0.39 is 237 Å². The molecule has 0 saturated carbocycles. The van der Waals surface area contributed by atoms with Crippen molar-refractivity contribution in [3.8, 4) is 0 Å². The number of imidazole rings is 5. The number of hydrogen-bond acceptors (Lipinski definition) is 50. The van der Waals surface area contributed by atoms with Gasteiger partial charge < -0.3 is 112 Å². The lowest BCUT2D eigenvalue weighted by molar-refractivity contribution is -0.244. The molecule has 0 radical (unpaired) electrons. The first kappa shape index (κ1) is 93.5. The van der Waals surface area contributed by atoms with Crippen LogP contribution in [-0.2, 0) is 115 Å². The Morgan fingerprint density at radius 1 is 0.382 bits per heavy atom. The topological polar surface area (TPSA) is 912 Å². The lowest BCUT2D eigenvalue weighted by Crippen LogP contribution is -2.61. The number of pyridine rings is 3. The molecule has 12 aromatic heterocycles. The molecular formula is C65H78N28O37P6. The van der Waals surface area contributed by atoms with E-state index in [1.54, 1.807) is 0 Å². The van der Waals surface area contributed by atoms with E-state index >= 15 is 0 Å². The third-order valence-electron chi connectivity index (χ3n) is 23.2. The van der Waals surface area contributed by atoms with E-state index in [1.807, 2.05) is 0 Å². The van der Waals surface area contributed by atoms with Crippen LogP contribution in [0.15, 0.2) is 82.8 Å². The van der Waals surface area contributed by atoms with E-state index in [1.165, 1.54) is 105 Å². The number of nitrogen functional groups attached to an aromatic ring is 6. The van der Waals surface area contributed by atoms with E-state index in [2.05, 4.69) is 80.1 Å². The molecule has 10 aliphatic heterocycles. The Balaban J connectivity index is 0.000000126. The highest BCUT2D eigenvalue weighted by molar-refractivity contribution is 7.48. The van der Waals surface area contributed by atoms with Gasteiger partial charge in [-0.25, -0.2) is 67.3 Å². The Morgan fingerprint density at radius 3 is 1.23 bits per heavy atom. The van der Waals surface area contributed by atoms with Gasteiger partial charge >= 0.3 is 46.9 Å². The van der Waals surface area contributed by atoms with E-state index in [4.69, 9.17) is 122 Å². The van der Waals surface area contributed by atoms with Crippen LogP contribution in [0.3, 0.4) is 0 Å². The zero-order valence-electron chi connectivity index (χ0n) is 69.2. The number of nitrogens with two attached hydrogens (primary N) is 6. The molecule has 6 bridgehead atoms. The van der Waals surface area contributed by atoms with Gasteiger partial charge in [-0.1, -0.05) is 5.21 Å². The first-order chi connectivity index (χ1) is 64.4. The maximum absolute atomic E-state index is 13.4. The molecule has 0 spiro atoms. The van der Waals surface area contributed by atoms with Crippen molar-refractivity contribution in [3.63, 3.8) is 0 Å². The molecule has 136 heavy (non-hydrogen) atoms. The summed E-state index contributed by atoms with van der Waals surface area (Å²) >= 11 is 0. The molecule has 10 saturated heterocycles. The number of ether oxygens (including phenoxy) is 7. The number of phosphoric ester groups is 6. The molecule has 0 aromatic carbocycles. The summed E-state index contributed by atoms with van der Waals surface area (Å²) in [4.78, 5) is 154. The van der Waals surface area contributed by atoms with Gasteiger partial charge in [0.05, 0.1) is 106 Å². The SMILES string of the molecule is C[C@@H]1OP(=O)(O)O[C@@H]2C[C@@H](COP(=O)(O)O[C@H]3[C@@H](O)[C@H](n4cnc5c(N)ccnc54)O[C@H]31)O[C@H]2n1nnc2c(=O)[nH]c(N)nc21.C[C@H]1OP(=O)(O)O[C@@H]2C[C@@H](COP(=O)(O)O[C@H]3[C@@H](O)[C@H](n4cnc5c(N)ccnc54)O[C@@H]31)O[C@H]2n1cnc2c(=O)[nH]c(N)nc21.Nc1nc2c(ncn2[C@@H]2O[C@@]34CO[C@@H]3C2OP(=O)(O)OC[C@H]2O[C@@H](n3cnc5c(N)ccnc53)C(O)[C@H]2OP(=O)(O)OC4)c(=O)[nH]1.